The Bertz CT molecular complexity index is 2150. The van der Waals surface area contributed by atoms with E-state index in [-0.39, 0.29) is 41.9 Å². The maximum Gasteiger partial charge on any atom is 0.320 e. The Hall–Kier alpha value is -5.51. The maximum absolute atomic E-state index is 14.3. The van der Waals surface area contributed by atoms with Crippen LogP contribution in [0.2, 0.25) is 0 Å². The lowest BCUT2D eigenvalue weighted by atomic mass is 9.92. The van der Waals surface area contributed by atoms with Gasteiger partial charge in [-0.2, -0.15) is 0 Å². The van der Waals surface area contributed by atoms with Gasteiger partial charge in [-0.15, -0.1) is 10.2 Å². The molecule has 9 rings (SSSR count). The normalized spacial score (nSPS) is 26.6. The number of aromatic nitrogens is 2. The van der Waals surface area contributed by atoms with Crippen LogP contribution in [0.3, 0.4) is 0 Å². The number of fused-ring (bicyclic) bond motifs is 4. The molecule has 58 heavy (non-hydrogen) atoms. The molecule has 3 aromatic rings. The summed E-state index contributed by atoms with van der Waals surface area (Å²) in [7, 11) is 0. The van der Waals surface area contributed by atoms with Crippen LogP contribution in [0.5, 0.6) is 5.75 Å². The largest absolute Gasteiger partial charge is 0.504 e. The molecular weight excluding hydrogens is 744 g/mol. The van der Waals surface area contributed by atoms with Crippen molar-refractivity contribution >= 4 is 40.9 Å². The van der Waals surface area contributed by atoms with Gasteiger partial charge in [0.05, 0.1) is 16.9 Å². The highest BCUT2D eigenvalue weighted by Crippen LogP contribution is 2.41. The van der Waals surface area contributed by atoms with E-state index in [1.165, 1.54) is 12.1 Å². The van der Waals surface area contributed by atoms with Crippen molar-refractivity contribution in [3.05, 3.63) is 59.4 Å². The van der Waals surface area contributed by atoms with Gasteiger partial charge in [0.2, 0.25) is 11.8 Å². The van der Waals surface area contributed by atoms with Gasteiger partial charge >= 0.3 is 6.03 Å². The summed E-state index contributed by atoms with van der Waals surface area (Å²) in [6.45, 7) is 13.5. The summed E-state index contributed by atoms with van der Waals surface area (Å²) in [4.78, 5) is 64.6. The van der Waals surface area contributed by atoms with Gasteiger partial charge in [0, 0.05) is 101 Å². The van der Waals surface area contributed by atoms with Crippen LogP contribution in [0.4, 0.5) is 26.4 Å². The first-order valence-electron chi connectivity index (χ1n) is 20.6. The van der Waals surface area contributed by atoms with Crippen molar-refractivity contribution in [2.24, 2.45) is 5.92 Å². The SMILES string of the molecule is C[C@@H]1CN(CC2CCN(c3ccc4c(c3)C(=O)N([C@H]3CCC(=O)NC3=O)C4)CC2)C[C@@H](C)N1C(=O)N1CCN2c3cc(-c4cccc(F)c4O)nnc3NC[C@]2(C)C1. The fraction of sp³-hybridized carbons (Fsp3) is 0.524. The standard InChI is InChI=1S/C42H51FN10O5/c1-25-19-48(21-27-11-13-49(14-12-27)29-8-7-28-22-51(40(57)31(28)17-29)34-9-10-36(54)45-39(34)56)20-26(2)53(25)41(58)50-15-16-52-35-18-33(30-5-4-6-32(43)37(30)55)46-47-38(35)44-23-42(52,3)24-50/h4-8,17-18,25-27,34,55H,9-16,19-24H2,1-3H3,(H,44,47)(H,45,54,56)/t25-,26-,34+,42-/m1/s1. The Morgan fingerprint density at radius 3 is 2.50 bits per heavy atom. The Balaban J connectivity index is 0.783. The Labute approximate surface area is 337 Å². The first-order valence-corrected chi connectivity index (χ1v) is 20.6. The van der Waals surface area contributed by atoms with Crippen LogP contribution in [-0.2, 0) is 16.1 Å². The molecule has 6 aliphatic rings. The number of aromatic hydroxyl groups is 1. The molecule has 0 saturated carbocycles. The van der Waals surface area contributed by atoms with Crippen molar-refractivity contribution in [2.45, 2.75) is 76.7 Å². The molecule has 0 radical (unpaired) electrons. The van der Waals surface area contributed by atoms with Gasteiger partial charge < -0.3 is 34.9 Å². The van der Waals surface area contributed by atoms with Crippen molar-refractivity contribution in [1.82, 2.24) is 35.1 Å². The molecule has 0 aliphatic carbocycles. The van der Waals surface area contributed by atoms with Crippen LogP contribution in [0, 0.1) is 11.7 Å². The van der Waals surface area contributed by atoms with Gasteiger partial charge in [-0.1, -0.05) is 12.1 Å². The molecule has 6 aliphatic heterocycles. The van der Waals surface area contributed by atoms with Gasteiger partial charge in [-0.05, 0) is 81.8 Å². The van der Waals surface area contributed by atoms with Crippen LogP contribution < -0.4 is 20.4 Å². The van der Waals surface area contributed by atoms with Gasteiger partial charge in [0.15, 0.2) is 17.4 Å². The maximum atomic E-state index is 14.3. The molecule has 2 aromatic carbocycles. The molecule has 306 valence electrons. The number of piperazine rings is 2. The molecule has 0 spiro atoms. The number of phenolic OH excluding ortho intramolecular Hbond substituents is 1. The lowest BCUT2D eigenvalue weighted by Gasteiger charge is -2.54. The smallest absolute Gasteiger partial charge is 0.320 e. The molecule has 0 unspecified atom stereocenters. The number of benzene rings is 2. The van der Waals surface area contributed by atoms with E-state index in [0.29, 0.717) is 62.1 Å². The van der Waals surface area contributed by atoms with E-state index in [2.05, 4.69) is 67.3 Å². The number of hydrogen-bond acceptors (Lipinski definition) is 11. The van der Waals surface area contributed by atoms with E-state index < -0.39 is 29.1 Å². The molecule has 4 saturated heterocycles. The van der Waals surface area contributed by atoms with Crippen molar-refractivity contribution in [3.8, 4) is 17.0 Å². The third kappa shape index (κ3) is 6.74. The summed E-state index contributed by atoms with van der Waals surface area (Å²) >= 11 is 0. The average Bonchev–Trinajstić information content (AvgIpc) is 3.53. The van der Waals surface area contributed by atoms with Crippen molar-refractivity contribution in [1.29, 1.82) is 0 Å². The molecule has 15 nitrogen and oxygen atoms in total. The van der Waals surface area contributed by atoms with Crippen LogP contribution in [-0.4, -0.2) is 141 Å². The fourth-order valence-corrected chi connectivity index (χ4v) is 10.2. The topological polar surface area (TPSA) is 158 Å². The van der Waals surface area contributed by atoms with E-state index in [4.69, 9.17) is 0 Å². The lowest BCUT2D eigenvalue weighted by molar-refractivity contribution is -0.136. The number of halogens is 1. The lowest BCUT2D eigenvalue weighted by Crippen LogP contribution is -2.69. The summed E-state index contributed by atoms with van der Waals surface area (Å²) in [6, 6.07) is 11.8. The van der Waals surface area contributed by atoms with Gasteiger partial charge in [-0.3, -0.25) is 24.6 Å². The first kappa shape index (κ1) is 38.0. The number of urea groups is 1. The van der Waals surface area contributed by atoms with E-state index in [1.54, 1.807) is 11.0 Å². The monoisotopic (exact) mass is 794 g/mol. The first-order chi connectivity index (χ1) is 27.9. The molecule has 4 fully saturated rings. The molecule has 7 heterocycles. The minimum absolute atomic E-state index is 0.0489. The molecule has 5 amide bonds. The number of nitrogens with zero attached hydrogens (tertiary/aromatic N) is 8. The van der Waals surface area contributed by atoms with Gasteiger partial charge in [-0.25, -0.2) is 9.18 Å². The summed E-state index contributed by atoms with van der Waals surface area (Å²) in [6.07, 6.45) is 2.66. The highest BCUT2D eigenvalue weighted by molar-refractivity contribution is 6.05. The van der Waals surface area contributed by atoms with Crippen molar-refractivity contribution in [3.63, 3.8) is 0 Å². The summed E-state index contributed by atoms with van der Waals surface area (Å²) in [5.41, 5.74) is 3.64. The summed E-state index contributed by atoms with van der Waals surface area (Å²) in [5, 5.41) is 24.8. The second-order valence-corrected chi connectivity index (χ2v) is 17.3. The number of para-hydroxylation sites is 1. The number of carbonyl (C=O) groups excluding carboxylic acids is 4. The van der Waals surface area contributed by atoms with Crippen LogP contribution in [0.15, 0.2) is 42.5 Å². The highest BCUT2D eigenvalue weighted by Gasteiger charge is 2.46. The Morgan fingerprint density at radius 1 is 0.966 bits per heavy atom. The fourth-order valence-electron chi connectivity index (χ4n) is 10.2. The number of rotatable bonds is 5. The zero-order chi connectivity index (χ0) is 40.5. The van der Waals surface area contributed by atoms with Crippen molar-refractivity contribution in [2.75, 3.05) is 74.0 Å². The van der Waals surface area contributed by atoms with Gasteiger partial charge in [0.1, 0.15) is 6.04 Å². The molecule has 4 atom stereocenters. The van der Waals surface area contributed by atoms with Crippen molar-refractivity contribution < 1.29 is 28.7 Å². The number of carbonyl (C=O) groups is 4. The number of amides is 5. The quantitative estimate of drug-likeness (QED) is 0.325. The van der Waals surface area contributed by atoms with E-state index in [9.17, 15) is 28.7 Å². The van der Waals surface area contributed by atoms with Gasteiger partial charge in [0.25, 0.3) is 5.91 Å². The summed E-state index contributed by atoms with van der Waals surface area (Å²) < 4.78 is 14.2. The van der Waals surface area contributed by atoms with Crippen LogP contribution >= 0.6 is 0 Å². The average molecular weight is 795 g/mol. The molecule has 16 heteroatoms. The Morgan fingerprint density at radius 2 is 1.74 bits per heavy atom. The van der Waals surface area contributed by atoms with Crippen LogP contribution in [0.25, 0.3) is 11.3 Å². The zero-order valence-corrected chi connectivity index (χ0v) is 33.3. The van der Waals surface area contributed by atoms with E-state index >= 15 is 0 Å². The minimum Gasteiger partial charge on any atom is -0.504 e. The third-order valence-corrected chi connectivity index (χ3v) is 13.2. The number of hydrogen-bond donors (Lipinski definition) is 3. The predicted octanol–water partition coefficient (Wildman–Crippen LogP) is 3.49. The molecule has 0 bridgehead atoms. The number of anilines is 3. The second-order valence-electron chi connectivity index (χ2n) is 17.3. The third-order valence-electron chi connectivity index (χ3n) is 13.2. The number of phenols is 1. The second kappa shape index (κ2) is 14.7. The molecular formula is C42H51FN10O5. The van der Waals surface area contributed by atoms with E-state index in [1.807, 2.05) is 23.1 Å². The molecule has 3 N–H and O–H groups in total. The number of piperidine rings is 2. The van der Waals surface area contributed by atoms with Crippen LogP contribution in [0.1, 0.15) is 62.4 Å². The zero-order valence-electron chi connectivity index (χ0n) is 33.3. The predicted molar refractivity (Wildman–Crippen MR) is 215 cm³/mol. The number of nitrogens with one attached hydrogen (secondary N) is 2. The Kier molecular flexibility index (Phi) is 9.64. The molecule has 1 aromatic heterocycles. The highest BCUT2D eigenvalue weighted by atomic mass is 19.1. The number of imide groups is 1. The minimum atomic E-state index is -0.714. The van der Waals surface area contributed by atoms with E-state index in [0.717, 1.165) is 62.5 Å². The summed E-state index contributed by atoms with van der Waals surface area (Å²) in [5.74, 6) is -0.847.